The number of rotatable bonds is 5. The number of hydrogen-bond acceptors (Lipinski definition) is 5. The third-order valence-corrected chi connectivity index (χ3v) is 6.49. The molecule has 1 aliphatic rings. The standard InChI is InChI=1S/C23H24N2O3S/c1-27-19-9-7-16(15-20(19)28-2)8-10-22(26)25-13-11-17(12-14-25)23-24-18-5-3-4-6-21(18)29-23/h3-10,15,17H,11-14H2,1-2H3/b10-8-. The van der Waals surface area contributed by atoms with Crippen molar-refractivity contribution in [3.63, 3.8) is 0 Å². The Kier molecular flexibility index (Phi) is 5.81. The highest BCUT2D eigenvalue weighted by molar-refractivity contribution is 7.18. The van der Waals surface area contributed by atoms with Crippen LogP contribution in [0.25, 0.3) is 16.3 Å². The summed E-state index contributed by atoms with van der Waals surface area (Å²) in [6, 6.07) is 13.9. The van der Waals surface area contributed by atoms with Gasteiger partial charge in [0.1, 0.15) is 0 Å². The van der Waals surface area contributed by atoms with Gasteiger partial charge in [-0.1, -0.05) is 18.2 Å². The predicted molar refractivity (Wildman–Crippen MR) is 117 cm³/mol. The van der Waals surface area contributed by atoms with Gasteiger partial charge in [-0.25, -0.2) is 4.98 Å². The fourth-order valence-corrected chi connectivity index (χ4v) is 4.78. The summed E-state index contributed by atoms with van der Waals surface area (Å²) < 4.78 is 11.8. The van der Waals surface area contributed by atoms with E-state index < -0.39 is 0 Å². The van der Waals surface area contributed by atoms with Crippen LogP contribution >= 0.6 is 11.3 Å². The van der Waals surface area contributed by atoms with E-state index in [-0.39, 0.29) is 5.91 Å². The summed E-state index contributed by atoms with van der Waals surface area (Å²) in [4.78, 5) is 19.3. The van der Waals surface area contributed by atoms with Gasteiger partial charge in [-0.15, -0.1) is 11.3 Å². The van der Waals surface area contributed by atoms with Crippen LogP contribution in [-0.2, 0) is 4.79 Å². The average Bonchev–Trinajstić information content (AvgIpc) is 3.21. The zero-order chi connectivity index (χ0) is 20.2. The molecule has 1 saturated heterocycles. The van der Waals surface area contributed by atoms with E-state index in [1.807, 2.05) is 35.2 Å². The van der Waals surface area contributed by atoms with Crippen molar-refractivity contribution in [3.8, 4) is 11.5 Å². The van der Waals surface area contributed by atoms with Crippen LogP contribution in [0.4, 0.5) is 0 Å². The maximum Gasteiger partial charge on any atom is 0.246 e. The second-order valence-corrected chi connectivity index (χ2v) is 8.13. The lowest BCUT2D eigenvalue weighted by Crippen LogP contribution is -2.36. The van der Waals surface area contributed by atoms with E-state index in [1.165, 1.54) is 9.71 Å². The molecule has 3 aromatic rings. The molecule has 0 N–H and O–H groups in total. The molecule has 6 heteroatoms. The Morgan fingerprint density at radius 3 is 2.59 bits per heavy atom. The van der Waals surface area contributed by atoms with Crippen LogP contribution in [0, 0.1) is 0 Å². The van der Waals surface area contributed by atoms with E-state index in [9.17, 15) is 4.79 Å². The number of benzene rings is 2. The van der Waals surface area contributed by atoms with Crippen molar-refractivity contribution in [2.45, 2.75) is 18.8 Å². The van der Waals surface area contributed by atoms with Crippen LogP contribution in [0.2, 0.25) is 0 Å². The Morgan fingerprint density at radius 2 is 1.86 bits per heavy atom. The van der Waals surface area contributed by atoms with Gasteiger partial charge in [0.2, 0.25) is 5.91 Å². The molecular formula is C23H24N2O3S. The van der Waals surface area contributed by atoms with Crippen molar-refractivity contribution in [2.75, 3.05) is 27.3 Å². The Balaban J connectivity index is 1.37. The molecular weight excluding hydrogens is 384 g/mol. The van der Waals surface area contributed by atoms with Gasteiger partial charge in [0.05, 0.1) is 29.4 Å². The van der Waals surface area contributed by atoms with E-state index in [4.69, 9.17) is 14.5 Å². The summed E-state index contributed by atoms with van der Waals surface area (Å²) in [6.45, 7) is 1.52. The summed E-state index contributed by atoms with van der Waals surface area (Å²) in [7, 11) is 3.21. The third kappa shape index (κ3) is 4.27. The highest BCUT2D eigenvalue weighted by atomic mass is 32.1. The number of carbonyl (C=O) groups is 1. The molecule has 150 valence electrons. The first-order valence-corrected chi connectivity index (χ1v) is 10.5. The van der Waals surface area contributed by atoms with Gasteiger partial charge >= 0.3 is 0 Å². The number of hydrogen-bond donors (Lipinski definition) is 0. The summed E-state index contributed by atoms with van der Waals surface area (Å²) in [6.07, 6.45) is 5.37. The van der Waals surface area contributed by atoms with Crippen molar-refractivity contribution < 1.29 is 14.3 Å². The van der Waals surface area contributed by atoms with Crippen LogP contribution in [0.1, 0.15) is 29.3 Å². The normalized spacial score (nSPS) is 15.2. The molecule has 2 aromatic carbocycles. The van der Waals surface area contributed by atoms with Crippen LogP contribution in [0.5, 0.6) is 11.5 Å². The largest absolute Gasteiger partial charge is 0.493 e. The number of nitrogens with zero attached hydrogens (tertiary/aromatic N) is 2. The topological polar surface area (TPSA) is 51.7 Å². The van der Waals surface area contributed by atoms with Gasteiger partial charge in [-0.05, 0) is 48.7 Å². The molecule has 29 heavy (non-hydrogen) atoms. The third-order valence-electron chi connectivity index (χ3n) is 5.29. The van der Waals surface area contributed by atoms with E-state index >= 15 is 0 Å². The minimum Gasteiger partial charge on any atom is -0.493 e. The molecule has 1 fully saturated rings. The van der Waals surface area contributed by atoms with Crippen molar-refractivity contribution in [1.82, 2.24) is 9.88 Å². The molecule has 1 aliphatic heterocycles. The summed E-state index contributed by atoms with van der Waals surface area (Å²) in [5.74, 6) is 1.81. The number of amides is 1. The lowest BCUT2D eigenvalue weighted by Gasteiger charge is -2.30. The minimum absolute atomic E-state index is 0.0440. The van der Waals surface area contributed by atoms with E-state index in [0.29, 0.717) is 17.4 Å². The SMILES string of the molecule is COc1ccc(/C=C\C(=O)N2CCC(c3nc4ccccc4s3)CC2)cc1OC. The second kappa shape index (κ2) is 8.66. The molecule has 1 aromatic heterocycles. The number of carbonyl (C=O) groups excluding carboxylic acids is 1. The van der Waals surface area contributed by atoms with Crippen LogP contribution < -0.4 is 9.47 Å². The highest BCUT2D eigenvalue weighted by Gasteiger charge is 2.25. The Labute approximate surface area is 174 Å². The van der Waals surface area contributed by atoms with Gasteiger partial charge in [-0.3, -0.25) is 4.79 Å². The molecule has 0 spiro atoms. The van der Waals surface area contributed by atoms with Crippen molar-refractivity contribution >= 4 is 33.5 Å². The molecule has 2 heterocycles. The van der Waals surface area contributed by atoms with Crippen LogP contribution in [0.3, 0.4) is 0 Å². The first-order valence-electron chi connectivity index (χ1n) is 9.72. The number of likely N-dealkylation sites (tertiary alicyclic amines) is 1. The fraction of sp³-hybridized carbons (Fsp3) is 0.304. The zero-order valence-electron chi connectivity index (χ0n) is 16.6. The number of piperidine rings is 1. The number of aromatic nitrogens is 1. The monoisotopic (exact) mass is 408 g/mol. The van der Waals surface area contributed by atoms with Gasteiger partial charge < -0.3 is 14.4 Å². The molecule has 0 radical (unpaired) electrons. The Hall–Kier alpha value is -2.86. The number of methoxy groups -OCH3 is 2. The summed E-state index contributed by atoms with van der Waals surface area (Å²) in [5, 5.41) is 1.19. The molecule has 0 atom stereocenters. The van der Waals surface area contributed by atoms with Crippen LogP contribution in [-0.4, -0.2) is 43.1 Å². The highest BCUT2D eigenvalue weighted by Crippen LogP contribution is 2.34. The van der Waals surface area contributed by atoms with Gasteiger partial charge in [0.25, 0.3) is 0 Å². The molecule has 0 unspecified atom stereocenters. The Morgan fingerprint density at radius 1 is 1.10 bits per heavy atom. The van der Waals surface area contributed by atoms with Gasteiger partial charge in [-0.2, -0.15) is 0 Å². The zero-order valence-corrected chi connectivity index (χ0v) is 17.4. The molecule has 4 rings (SSSR count). The summed E-state index contributed by atoms with van der Waals surface area (Å²) >= 11 is 1.78. The number of fused-ring (bicyclic) bond motifs is 1. The fourth-order valence-electron chi connectivity index (χ4n) is 3.64. The second-order valence-electron chi connectivity index (χ2n) is 7.07. The molecule has 0 saturated carbocycles. The first-order chi connectivity index (χ1) is 14.2. The van der Waals surface area contributed by atoms with Crippen molar-refractivity contribution in [1.29, 1.82) is 0 Å². The minimum atomic E-state index is 0.0440. The van der Waals surface area contributed by atoms with Crippen molar-refractivity contribution in [3.05, 3.63) is 59.1 Å². The smallest absolute Gasteiger partial charge is 0.246 e. The first kappa shape index (κ1) is 19.5. The summed E-state index contributed by atoms with van der Waals surface area (Å²) in [5.41, 5.74) is 1.98. The molecule has 0 aliphatic carbocycles. The molecule has 1 amide bonds. The maximum atomic E-state index is 12.6. The van der Waals surface area contributed by atoms with Crippen molar-refractivity contribution in [2.24, 2.45) is 0 Å². The number of thiazole rings is 1. The quantitative estimate of drug-likeness (QED) is 0.573. The number of ether oxygens (including phenoxy) is 2. The van der Waals surface area contributed by atoms with Gasteiger partial charge in [0, 0.05) is 25.1 Å². The number of para-hydroxylation sites is 1. The lowest BCUT2D eigenvalue weighted by molar-refractivity contribution is -0.126. The average molecular weight is 409 g/mol. The Bertz CT molecular complexity index is 1000. The van der Waals surface area contributed by atoms with Crippen LogP contribution in [0.15, 0.2) is 48.5 Å². The lowest BCUT2D eigenvalue weighted by atomic mass is 9.97. The maximum absolute atomic E-state index is 12.6. The molecule has 0 bridgehead atoms. The van der Waals surface area contributed by atoms with Gasteiger partial charge in [0.15, 0.2) is 11.5 Å². The van der Waals surface area contributed by atoms with E-state index in [2.05, 4.69) is 18.2 Å². The van der Waals surface area contributed by atoms with E-state index in [1.54, 1.807) is 31.6 Å². The van der Waals surface area contributed by atoms with E-state index in [0.717, 1.165) is 37.0 Å². The molecule has 5 nitrogen and oxygen atoms in total. The predicted octanol–water partition coefficient (Wildman–Crippen LogP) is 4.73.